The molecule has 31 heavy (non-hydrogen) atoms. The Bertz CT molecular complexity index is 1210. The summed E-state index contributed by atoms with van der Waals surface area (Å²) < 4.78 is 18.9. The van der Waals surface area contributed by atoms with Gasteiger partial charge in [-0.05, 0) is 61.5 Å². The number of pyridine rings is 1. The number of hydrogen-bond donors (Lipinski definition) is 2. The van der Waals surface area contributed by atoms with Crippen LogP contribution in [0.5, 0.6) is 17.2 Å². The van der Waals surface area contributed by atoms with Gasteiger partial charge in [-0.15, -0.1) is 5.10 Å². The number of ether oxygens (including phenoxy) is 3. The zero-order valence-corrected chi connectivity index (χ0v) is 17.1. The highest BCUT2D eigenvalue weighted by Gasteiger charge is 2.15. The molecule has 3 N–H and O–H groups in total. The van der Waals surface area contributed by atoms with Crippen molar-refractivity contribution in [2.24, 2.45) is 5.73 Å². The lowest BCUT2D eigenvalue weighted by atomic mass is 10.1. The average Bonchev–Trinajstić information content (AvgIpc) is 3.22. The Morgan fingerprint density at radius 3 is 2.68 bits per heavy atom. The van der Waals surface area contributed by atoms with E-state index in [2.05, 4.69) is 15.4 Å². The number of nitrogens with zero attached hydrogens (tertiary/aromatic N) is 3. The Labute approximate surface area is 179 Å². The van der Waals surface area contributed by atoms with Crippen molar-refractivity contribution in [3.05, 3.63) is 60.7 Å². The third-order valence-corrected chi connectivity index (χ3v) is 4.98. The van der Waals surface area contributed by atoms with Gasteiger partial charge in [0.05, 0.1) is 5.69 Å². The molecular formula is C23H23N5O3. The summed E-state index contributed by atoms with van der Waals surface area (Å²) in [6.45, 7) is 3.52. The molecule has 0 bridgehead atoms. The van der Waals surface area contributed by atoms with E-state index in [0.717, 1.165) is 39.8 Å². The second-order valence-electron chi connectivity index (χ2n) is 7.29. The lowest BCUT2D eigenvalue weighted by Gasteiger charge is -2.19. The fraction of sp³-hybridized carbons (Fsp3) is 0.217. The van der Waals surface area contributed by atoms with Crippen molar-refractivity contribution in [1.29, 1.82) is 0 Å². The van der Waals surface area contributed by atoms with E-state index in [4.69, 9.17) is 19.9 Å². The van der Waals surface area contributed by atoms with Crippen molar-refractivity contribution in [3.63, 3.8) is 0 Å². The van der Waals surface area contributed by atoms with Crippen LogP contribution in [-0.4, -0.2) is 40.5 Å². The zero-order chi connectivity index (χ0) is 21.2. The van der Waals surface area contributed by atoms with Gasteiger partial charge in [0.25, 0.3) is 0 Å². The maximum atomic E-state index is 5.72. The van der Waals surface area contributed by atoms with E-state index in [1.807, 2.05) is 72.1 Å². The summed E-state index contributed by atoms with van der Waals surface area (Å²) in [6.07, 6.45) is -0.0297. The minimum Gasteiger partial charge on any atom is -0.489 e. The van der Waals surface area contributed by atoms with E-state index in [0.29, 0.717) is 25.7 Å². The highest BCUT2D eigenvalue weighted by atomic mass is 16.6. The number of rotatable bonds is 6. The molecule has 1 aliphatic heterocycles. The topological polar surface area (TPSA) is 95.9 Å². The van der Waals surface area contributed by atoms with Crippen LogP contribution in [0, 0.1) is 0 Å². The molecule has 2 aromatic heterocycles. The first kappa shape index (κ1) is 19.2. The van der Waals surface area contributed by atoms with Crippen LogP contribution in [-0.2, 0) is 0 Å². The first-order valence-corrected chi connectivity index (χ1v) is 10.2. The van der Waals surface area contributed by atoms with Crippen molar-refractivity contribution in [2.45, 2.75) is 13.0 Å². The molecule has 0 aliphatic carbocycles. The average molecular weight is 417 g/mol. The molecule has 0 unspecified atom stereocenters. The predicted octanol–water partition coefficient (Wildman–Crippen LogP) is 3.64. The highest BCUT2D eigenvalue weighted by Crippen LogP contribution is 2.34. The molecule has 3 heterocycles. The predicted molar refractivity (Wildman–Crippen MR) is 118 cm³/mol. The van der Waals surface area contributed by atoms with E-state index < -0.39 is 0 Å². The van der Waals surface area contributed by atoms with Crippen molar-refractivity contribution >= 4 is 17.3 Å². The number of hydrogen-bond acceptors (Lipinski definition) is 7. The van der Waals surface area contributed by atoms with E-state index in [1.54, 1.807) is 0 Å². The Kier molecular flexibility index (Phi) is 5.05. The van der Waals surface area contributed by atoms with Crippen LogP contribution in [0.4, 0.5) is 11.6 Å². The molecule has 0 fully saturated rings. The van der Waals surface area contributed by atoms with Gasteiger partial charge in [-0.2, -0.15) is 4.98 Å². The van der Waals surface area contributed by atoms with Crippen LogP contribution in [0.25, 0.3) is 16.9 Å². The SMILES string of the molecule is C[C@@H](CN)Oc1ccc(Nc2nc3cccc(-c4ccc5c(c4)OCCO5)n3n2)cc1. The van der Waals surface area contributed by atoms with Gasteiger partial charge in [0.2, 0.25) is 5.95 Å². The van der Waals surface area contributed by atoms with Crippen LogP contribution >= 0.6 is 0 Å². The van der Waals surface area contributed by atoms with E-state index >= 15 is 0 Å². The van der Waals surface area contributed by atoms with E-state index in [1.165, 1.54) is 0 Å². The summed E-state index contributed by atoms with van der Waals surface area (Å²) in [7, 11) is 0. The lowest BCUT2D eigenvalue weighted by Crippen LogP contribution is -2.22. The monoisotopic (exact) mass is 417 g/mol. The minimum atomic E-state index is -0.0297. The third kappa shape index (κ3) is 3.97. The van der Waals surface area contributed by atoms with Crippen molar-refractivity contribution in [1.82, 2.24) is 14.6 Å². The molecule has 4 aromatic rings. The molecular weight excluding hydrogens is 394 g/mol. The fourth-order valence-corrected chi connectivity index (χ4v) is 3.41. The molecule has 8 heteroatoms. The second-order valence-corrected chi connectivity index (χ2v) is 7.29. The van der Waals surface area contributed by atoms with Crippen LogP contribution < -0.4 is 25.3 Å². The number of anilines is 2. The Morgan fingerprint density at radius 1 is 1.06 bits per heavy atom. The number of nitrogens with one attached hydrogen (secondary N) is 1. The van der Waals surface area contributed by atoms with Crippen LogP contribution in [0.15, 0.2) is 60.7 Å². The van der Waals surface area contributed by atoms with Gasteiger partial charge in [0, 0.05) is 17.8 Å². The first-order valence-electron chi connectivity index (χ1n) is 10.2. The van der Waals surface area contributed by atoms with Crippen molar-refractivity contribution in [2.75, 3.05) is 25.1 Å². The van der Waals surface area contributed by atoms with Gasteiger partial charge in [-0.25, -0.2) is 4.52 Å². The lowest BCUT2D eigenvalue weighted by molar-refractivity contribution is 0.171. The highest BCUT2D eigenvalue weighted by molar-refractivity contribution is 5.68. The van der Waals surface area contributed by atoms with Crippen LogP contribution in [0.1, 0.15) is 6.92 Å². The number of nitrogens with two attached hydrogens (primary N) is 1. The number of fused-ring (bicyclic) bond motifs is 2. The van der Waals surface area contributed by atoms with Crippen LogP contribution in [0.2, 0.25) is 0 Å². The molecule has 2 aromatic carbocycles. The Hall–Kier alpha value is -3.78. The third-order valence-electron chi connectivity index (χ3n) is 4.98. The molecule has 1 atom stereocenters. The minimum absolute atomic E-state index is 0.0297. The summed E-state index contributed by atoms with van der Waals surface area (Å²) in [6, 6.07) is 19.4. The molecule has 0 saturated carbocycles. The molecule has 158 valence electrons. The molecule has 1 aliphatic rings. The smallest absolute Gasteiger partial charge is 0.247 e. The quantitative estimate of drug-likeness (QED) is 0.494. The summed E-state index contributed by atoms with van der Waals surface area (Å²) in [5.41, 5.74) is 9.10. The van der Waals surface area contributed by atoms with Gasteiger partial charge in [-0.3, -0.25) is 0 Å². The summed E-state index contributed by atoms with van der Waals surface area (Å²) >= 11 is 0. The normalized spacial score (nSPS) is 13.7. The van der Waals surface area contributed by atoms with Gasteiger partial charge < -0.3 is 25.3 Å². The molecule has 0 spiro atoms. The molecule has 5 rings (SSSR count). The molecule has 0 amide bonds. The molecule has 0 saturated heterocycles. The van der Waals surface area contributed by atoms with Gasteiger partial charge in [0.15, 0.2) is 17.1 Å². The maximum absolute atomic E-state index is 5.72. The van der Waals surface area contributed by atoms with Crippen molar-refractivity contribution < 1.29 is 14.2 Å². The number of benzene rings is 2. The number of aromatic nitrogens is 3. The molecule has 8 nitrogen and oxygen atoms in total. The van der Waals surface area contributed by atoms with E-state index in [-0.39, 0.29) is 6.10 Å². The van der Waals surface area contributed by atoms with Gasteiger partial charge in [0.1, 0.15) is 25.1 Å². The second kappa shape index (κ2) is 8.16. The van der Waals surface area contributed by atoms with E-state index in [9.17, 15) is 0 Å². The van der Waals surface area contributed by atoms with Crippen LogP contribution in [0.3, 0.4) is 0 Å². The summed E-state index contributed by atoms with van der Waals surface area (Å²) in [4.78, 5) is 4.60. The zero-order valence-electron chi connectivity index (χ0n) is 17.1. The standard InChI is InChI=1S/C23H23N5O3/c1-15(14-24)31-18-8-6-17(7-9-18)25-23-26-22-4-2-3-19(28(22)27-23)16-5-10-20-21(13-16)30-12-11-29-20/h2-10,13,15H,11-12,14,24H2,1H3,(H,25,27)/t15-/m0/s1. The molecule has 0 radical (unpaired) electrons. The van der Waals surface area contributed by atoms with Gasteiger partial charge >= 0.3 is 0 Å². The maximum Gasteiger partial charge on any atom is 0.247 e. The van der Waals surface area contributed by atoms with Gasteiger partial charge in [-0.1, -0.05) is 6.07 Å². The summed E-state index contributed by atoms with van der Waals surface area (Å²) in [5, 5.41) is 7.90. The summed E-state index contributed by atoms with van der Waals surface area (Å²) in [5.74, 6) is 2.78. The first-order chi connectivity index (χ1) is 15.2. The Morgan fingerprint density at radius 2 is 1.87 bits per heavy atom. The van der Waals surface area contributed by atoms with Crippen molar-refractivity contribution in [3.8, 4) is 28.5 Å². The Balaban J connectivity index is 1.41. The largest absolute Gasteiger partial charge is 0.489 e. The fourth-order valence-electron chi connectivity index (χ4n) is 3.41.